The molecule has 1 heterocycles. The van der Waals surface area contributed by atoms with Crippen LogP contribution in [0.15, 0.2) is 65.6 Å². The van der Waals surface area contributed by atoms with Crippen molar-refractivity contribution in [3.05, 3.63) is 88.2 Å². The summed E-state index contributed by atoms with van der Waals surface area (Å²) in [6.45, 7) is 2.08. The molecule has 33 heavy (non-hydrogen) atoms. The summed E-state index contributed by atoms with van der Waals surface area (Å²) in [6, 6.07) is 15.1. The topological polar surface area (TPSA) is 118 Å². The number of nitrogens with one attached hydrogen (secondary N) is 1. The Morgan fingerprint density at radius 2 is 1.79 bits per heavy atom. The number of rotatable bonds is 10. The molecule has 0 saturated heterocycles. The van der Waals surface area contributed by atoms with E-state index in [1.54, 1.807) is 17.7 Å². The fourth-order valence-corrected chi connectivity index (χ4v) is 4.38. The van der Waals surface area contributed by atoms with Gasteiger partial charge < -0.3 is 5.11 Å². The van der Waals surface area contributed by atoms with Gasteiger partial charge in [-0.2, -0.15) is 5.10 Å². The standard InChI is InChI=1S/C23H22ClN3O5S/c1-16-20(23(24)27(26-16)15-17-5-3-2-4-6-17)11-12-21(28)18-7-9-19(10-8-18)33(31,32)25-14-13-22(29)30/h2-12,25H,13-15H2,1H3,(H,29,30)/b12-11+. The number of carboxylic acids is 1. The fourth-order valence-electron chi connectivity index (χ4n) is 3.05. The lowest BCUT2D eigenvalue weighted by atomic mass is 10.1. The van der Waals surface area contributed by atoms with E-state index in [0.29, 0.717) is 28.5 Å². The van der Waals surface area contributed by atoms with Gasteiger partial charge in [0.25, 0.3) is 0 Å². The van der Waals surface area contributed by atoms with Crippen LogP contribution in [0.25, 0.3) is 6.08 Å². The fraction of sp³-hybridized carbons (Fsp3) is 0.174. The smallest absolute Gasteiger partial charge is 0.304 e. The van der Waals surface area contributed by atoms with Crippen molar-refractivity contribution in [2.45, 2.75) is 24.8 Å². The Balaban J connectivity index is 1.70. The van der Waals surface area contributed by atoms with Crippen molar-refractivity contribution < 1.29 is 23.1 Å². The molecular weight excluding hydrogens is 466 g/mol. The summed E-state index contributed by atoms with van der Waals surface area (Å²) in [5.41, 5.74) is 2.64. The number of carbonyl (C=O) groups excluding carboxylic acids is 1. The van der Waals surface area contributed by atoms with E-state index >= 15 is 0 Å². The molecule has 0 atom stereocenters. The summed E-state index contributed by atoms with van der Waals surface area (Å²) in [6.07, 6.45) is 2.62. The van der Waals surface area contributed by atoms with Gasteiger partial charge in [0, 0.05) is 17.7 Å². The van der Waals surface area contributed by atoms with Gasteiger partial charge in [0.1, 0.15) is 5.15 Å². The molecule has 0 bridgehead atoms. The summed E-state index contributed by atoms with van der Waals surface area (Å²) >= 11 is 6.47. The Bertz CT molecular complexity index is 1280. The lowest BCUT2D eigenvalue weighted by Gasteiger charge is -2.06. The second kappa shape index (κ2) is 10.6. The van der Waals surface area contributed by atoms with E-state index in [2.05, 4.69) is 9.82 Å². The Morgan fingerprint density at radius 1 is 1.12 bits per heavy atom. The normalized spacial score (nSPS) is 11.7. The summed E-state index contributed by atoms with van der Waals surface area (Å²) in [5, 5.41) is 13.5. The van der Waals surface area contributed by atoms with Crippen LogP contribution in [0.4, 0.5) is 0 Å². The number of sulfonamides is 1. The molecule has 3 aromatic rings. The van der Waals surface area contributed by atoms with Gasteiger partial charge in [-0.25, -0.2) is 17.8 Å². The molecule has 0 aliphatic carbocycles. The number of hydrogen-bond acceptors (Lipinski definition) is 5. The second-order valence-electron chi connectivity index (χ2n) is 7.20. The van der Waals surface area contributed by atoms with Gasteiger partial charge in [-0.1, -0.05) is 41.9 Å². The van der Waals surface area contributed by atoms with Crippen molar-refractivity contribution in [3.8, 4) is 0 Å². The van der Waals surface area contributed by atoms with E-state index in [9.17, 15) is 18.0 Å². The molecule has 2 aromatic carbocycles. The summed E-state index contributed by atoms with van der Waals surface area (Å²) in [7, 11) is -3.86. The van der Waals surface area contributed by atoms with Crippen molar-refractivity contribution in [2.24, 2.45) is 0 Å². The zero-order valence-corrected chi connectivity index (χ0v) is 19.3. The van der Waals surface area contributed by atoms with Crippen LogP contribution in [0.3, 0.4) is 0 Å². The highest BCUT2D eigenvalue weighted by Crippen LogP contribution is 2.23. The van der Waals surface area contributed by atoms with E-state index in [1.807, 2.05) is 30.3 Å². The molecule has 1 aromatic heterocycles. The van der Waals surface area contributed by atoms with Crippen LogP contribution in [-0.4, -0.2) is 41.6 Å². The Morgan fingerprint density at radius 3 is 2.42 bits per heavy atom. The highest BCUT2D eigenvalue weighted by atomic mass is 35.5. The molecule has 0 spiro atoms. The van der Waals surface area contributed by atoms with Crippen molar-refractivity contribution in [1.29, 1.82) is 0 Å². The molecule has 0 unspecified atom stereocenters. The number of carbonyl (C=O) groups is 2. The van der Waals surface area contributed by atoms with Crippen molar-refractivity contribution in [2.75, 3.05) is 6.54 Å². The second-order valence-corrected chi connectivity index (χ2v) is 9.32. The van der Waals surface area contributed by atoms with Crippen molar-refractivity contribution in [1.82, 2.24) is 14.5 Å². The minimum Gasteiger partial charge on any atom is -0.481 e. The first-order chi connectivity index (χ1) is 15.7. The molecule has 0 radical (unpaired) electrons. The third-order valence-corrected chi connectivity index (χ3v) is 6.64. The van der Waals surface area contributed by atoms with E-state index in [-0.39, 0.29) is 23.6 Å². The Labute approximate surface area is 196 Å². The molecule has 3 rings (SSSR count). The number of ketones is 1. The number of halogens is 1. The third kappa shape index (κ3) is 6.38. The highest BCUT2D eigenvalue weighted by molar-refractivity contribution is 7.89. The zero-order valence-electron chi connectivity index (χ0n) is 17.7. The number of aromatic nitrogens is 2. The van der Waals surface area contributed by atoms with E-state index in [4.69, 9.17) is 16.7 Å². The minimum atomic E-state index is -3.86. The monoisotopic (exact) mass is 487 g/mol. The van der Waals surface area contributed by atoms with Gasteiger partial charge in [0.2, 0.25) is 10.0 Å². The molecular formula is C23H22ClN3O5S. The first kappa shape index (κ1) is 24.4. The van der Waals surface area contributed by atoms with Crippen LogP contribution in [0.2, 0.25) is 5.15 Å². The number of aryl methyl sites for hydroxylation is 1. The summed E-state index contributed by atoms with van der Waals surface area (Å²) in [5.74, 6) is -1.43. The predicted octanol–water partition coefficient (Wildman–Crippen LogP) is 3.54. The highest BCUT2D eigenvalue weighted by Gasteiger charge is 2.15. The van der Waals surface area contributed by atoms with Gasteiger partial charge in [0.15, 0.2) is 5.78 Å². The average Bonchev–Trinajstić information content (AvgIpc) is 3.04. The predicted molar refractivity (Wildman–Crippen MR) is 125 cm³/mol. The number of hydrogen-bond donors (Lipinski definition) is 2. The molecule has 172 valence electrons. The van der Waals surface area contributed by atoms with Crippen LogP contribution in [0.5, 0.6) is 0 Å². The molecule has 0 aliphatic heterocycles. The maximum absolute atomic E-state index is 12.6. The lowest BCUT2D eigenvalue weighted by molar-refractivity contribution is -0.136. The minimum absolute atomic E-state index is 0.0607. The van der Waals surface area contributed by atoms with E-state index < -0.39 is 16.0 Å². The first-order valence-electron chi connectivity index (χ1n) is 9.98. The Kier molecular flexibility index (Phi) is 7.80. The summed E-state index contributed by atoms with van der Waals surface area (Å²) in [4.78, 5) is 23.0. The van der Waals surface area contributed by atoms with Crippen LogP contribution in [0.1, 0.15) is 33.6 Å². The molecule has 2 N–H and O–H groups in total. The largest absolute Gasteiger partial charge is 0.481 e. The molecule has 10 heteroatoms. The SMILES string of the molecule is Cc1nn(Cc2ccccc2)c(Cl)c1/C=C/C(=O)c1ccc(S(=O)(=O)NCCC(=O)O)cc1. The number of benzene rings is 2. The van der Waals surface area contributed by atoms with E-state index in [0.717, 1.165) is 5.56 Å². The van der Waals surface area contributed by atoms with Crippen LogP contribution < -0.4 is 4.72 Å². The number of carboxylic acid groups (broad SMARTS) is 1. The maximum atomic E-state index is 12.6. The number of aliphatic carboxylic acids is 1. The van der Waals surface area contributed by atoms with Crippen molar-refractivity contribution in [3.63, 3.8) is 0 Å². The zero-order chi connectivity index (χ0) is 24.0. The number of allylic oxidation sites excluding steroid dienone is 1. The maximum Gasteiger partial charge on any atom is 0.304 e. The molecule has 0 fully saturated rings. The van der Waals surface area contributed by atoms with Crippen LogP contribution >= 0.6 is 11.6 Å². The van der Waals surface area contributed by atoms with Gasteiger partial charge in [-0.05, 0) is 48.9 Å². The van der Waals surface area contributed by atoms with Crippen LogP contribution in [-0.2, 0) is 21.4 Å². The average molecular weight is 488 g/mol. The van der Waals surface area contributed by atoms with Crippen LogP contribution in [0, 0.1) is 6.92 Å². The lowest BCUT2D eigenvalue weighted by Crippen LogP contribution is -2.26. The third-order valence-electron chi connectivity index (χ3n) is 4.77. The molecule has 0 amide bonds. The van der Waals surface area contributed by atoms with Gasteiger partial charge in [-0.15, -0.1) is 0 Å². The van der Waals surface area contributed by atoms with E-state index in [1.165, 1.54) is 30.3 Å². The summed E-state index contributed by atoms with van der Waals surface area (Å²) < 4.78 is 28.2. The van der Waals surface area contributed by atoms with Crippen molar-refractivity contribution >= 4 is 39.5 Å². The Hall–Kier alpha value is -3.27. The van der Waals surface area contributed by atoms with Gasteiger partial charge in [-0.3, -0.25) is 9.59 Å². The van der Waals surface area contributed by atoms with Gasteiger partial charge >= 0.3 is 5.97 Å². The quantitative estimate of drug-likeness (QED) is 0.333. The molecule has 0 aliphatic rings. The first-order valence-corrected chi connectivity index (χ1v) is 11.8. The molecule has 0 saturated carbocycles. The van der Waals surface area contributed by atoms with Gasteiger partial charge in [0.05, 0.1) is 23.6 Å². The number of nitrogens with zero attached hydrogens (tertiary/aromatic N) is 2. The molecule has 8 nitrogen and oxygen atoms in total.